The average Bonchev–Trinajstić information content (AvgIpc) is 3.68. The van der Waals surface area contributed by atoms with Gasteiger partial charge in [-0.1, -0.05) is 48.9 Å². The van der Waals surface area contributed by atoms with Crippen molar-refractivity contribution in [3.8, 4) is 0 Å². The van der Waals surface area contributed by atoms with Crippen LogP contribution in [0.5, 0.6) is 0 Å². The Hall–Kier alpha value is -3.20. The number of methoxy groups -OCH3 is 2. The van der Waals surface area contributed by atoms with Crippen molar-refractivity contribution in [3.63, 3.8) is 0 Å². The Morgan fingerprint density at radius 3 is 2.69 bits per heavy atom. The summed E-state index contributed by atoms with van der Waals surface area (Å²) in [4.78, 5) is 44.5. The highest BCUT2D eigenvalue weighted by molar-refractivity contribution is 6.32. The largest absolute Gasteiger partial charge is 0.495 e. The minimum atomic E-state index is -1.80. The molecule has 3 heterocycles. The standard InChI is InChI=1S/C31H44ClN3O10/c1-8-20-27(32)21(40-6)13-9-11-18(2)12-10-14-23(41-7)31(39)16-22(43-29(38)34-31)19(3)28-30(4,45-28)24(15-25(36)35(20)5)44-26(37)17-42-33/h8,10,12-14,19,22-24,28,39H,1,9,11,15-17,33H2,2-7H3,(H,34,38)/b14-10+,18-12+,21-13+,27-20-. The third kappa shape index (κ3) is 8.54. The van der Waals surface area contributed by atoms with Crippen molar-refractivity contribution >= 4 is 29.6 Å². The lowest BCUT2D eigenvalue weighted by molar-refractivity contribution is -0.160. The Bertz CT molecular complexity index is 1270. The lowest BCUT2D eigenvalue weighted by Gasteiger charge is -2.42. The molecule has 2 amide bonds. The number of alkyl carbamates (subject to hydrolysis) is 1. The van der Waals surface area contributed by atoms with Crippen LogP contribution in [-0.2, 0) is 38.1 Å². The van der Waals surface area contributed by atoms with Crippen molar-refractivity contribution in [1.82, 2.24) is 10.2 Å². The number of amides is 2. The first-order valence-electron chi connectivity index (χ1n) is 14.5. The number of rotatable bonds is 6. The highest BCUT2D eigenvalue weighted by Gasteiger charge is 2.64. The lowest BCUT2D eigenvalue weighted by Crippen LogP contribution is -2.63. The number of carbonyl (C=O) groups is 3. The van der Waals surface area contributed by atoms with Gasteiger partial charge in [0, 0.05) is 26.5 Å². The topological polar surface area (TPSA) is 171 Å². The monoisotopic (exact) mass is 653 g/mol. The summed E-state index contributed by atoms with van der Waals surface area (Å²) in [6, 6.07) is 0. The molecule has 0 radical (unpaired) electrons. The summed E-state index contributed by atoms with van der Waals surface area (Å²) >= 11 is 6.70. The van der Waals surface area contributed by atoms with E-state index in [1.807, 2.05) is 13.0 Å². The first-order valence-corrected chi connectivity index (χ1v) is 14.9. The quantitative estimate of drug-likeness (QED) is 0.219. The van der Waals surface area contributed by atoms with Crippen LogP contribution in [0.3, 0.4) is 0 Å². The molecule has 0 saturated carbocycles. The fraction of sp³-hybridized carbons (Fsp3) is 0.581. The van der Waals surface area contributed by atoms with Gasteiger partial charge in [0.15, 0.2) is 12.3 Å². The second kappa shape index (κ2) is 15.4. The van der Waals surface area contributed by atoms with Gasteiger partial charge in [-0.15, -0.1) is 0 Å². The molecule has 2 fully saturated rings. The number of nitrogens with zero attached hydrogens (tertiary/aromatic N) is 1. The summed E-state index contributed by atoms with van der Waals surface area (Å²) in [7, 11) is 4.42. The molecule has 14 heteroatoms. The average molecular weight is 654 g/mol. The lowest BCUT2D eigenvalue weighted by atomic mass is 9.83. The molecule has 3 aliphatic heterocycles. The van der Waals surface area contributed by atoms with Gasteiger partial charge in [0.2, 0.25) is 5.91 Å². The Morgan fingerprint density at radius 2 is 2.07 bits per heavy atom. The minimum absolute atomic E-state index is 0.0366. The SMILES string of the molecule is C=C/C1=C(Cl)\C(OC)=C/CC/C(C)=C/C=C/C(OC)C2(O)CC(OC(=O)N2)C(C)C2OC2(C)C(OC(=O)CON)CC(=O)N1C. The number of nitrogens with one attached hydrogen (secondary N) is 1. The second-order valence-corrected chi connectivity index (χ2v) is 11.9. The molecule has 3 aliphatic rings. The first-order chi connectivity index (χ1) is 21.2. The number of esters is 1. The molecule has 0 aromatic carbocycles. The molecule has 45 heavy (non-hydrogen) atoms. The van der Waals surface area contributed by atoms with Gasteiger partial charge in [-0.3, -0.25) is 14.9 Å². The van der Waals surface area contributed by atoms with Gasteiger partial charge in [-0.05, 0) is 38.8 Å². The molecule has 4 N–H and O–H groups in total. The summed E-state index contributed by atoms with van der Waals surface area (Å²) in [5, 5.41) is 14.2. The summed E-state index contributed by atoms with van der Waals surface area (Å²) in [6.07, 6.45) is 5.07. The fourth-order valence-electron chi connectivity index (χ4n) is 5.63. The van der Waals surface area contributed by atoms with Gasteiger partial charge in [0.05, 0.1) is 25.3 Å². The number of aliphatic hydroxyl groups is 1. The summed E-state index contributed by atoms with van der Waals surface area (Å²) in [5.74, 6) is 3.65. The van der Waals surface area contributed by atoms with Crippen molar-refractivity contribution in [2.75, 3.05) is 27.9 Å². The maximum Gasteiger partial charge on any atom is 0.409 e. The molecular weight excluding hydrogens is 610 g/mol. The molecule has 0 spiro atoms. The van der Waals surface area contributed by atoms with Crippen molar-refractivity contribution in [1.29, 1.82) is 0 Å². The maximum absolute atomic E-state index is 13.6. The highest BCUT2D eigenvalue weighted by Crippen LogP contribution is 2.49. The summed E-state index contributed by atoms with van der Waals surface area (Å²) in [6.45, 7) is 8.68. The zero-order valence-electron chi connectivity index (χ0n) is 26.5. The number of epoxide rings is 1. The molecule has 250 valence electrons. The van der Waals surface area contributed by atoms with Crippen LogP contribution in [0.15, 0.2) is 59.0 Å². The Balaban J connectivity index is 2.07. The molecule has 7 atom stereocenters. The van der Waals surface area contributed by atoms with Gasteiger partial charge in [-0.25, -0.2) is 15.5 Å². The smallest absolute Gasteiger partial charge is 0.409 e. The number of nitrogens with two attached hydrogens (primary N) is 1. The van der Waals surface area contributed by atoms with Crippen LogP contribution in [0.2, 0.25) is 0 Å². The molecule has 7 unspecified atom stereocenters. The number of hydrogen-bond donors (Lipinski definition) is 3. The number of ether oxygens (including phenoxy) is 5. The van der Waals surface area contributed by atoms with Gasteiger partial charge >= 0.3 is 12.1 Å². The molecule has 0 aromatic heterocycles. The minimum Gasteiger partial charge on any atom is -0.495 e. The van der Waals surface area contributed by atoms with E-state index >= 15 is 0 Å². The van der Waals surface area contributed by atoms with Crippen molar-refractivity contribution in [3.05, 3.63) is 59.0 Å². The normalized spacial score (nSPS) is 38.1. The van der Waals surface area contributed by atoms with Gasteiger partial charge < -0.3 is 33.7 Å². The van der Waals surface area contributed by atoms with Crippen LogP contribution in [-0.4, -0.2) is 91.6 Å². The molecule has 13 nitrogen and oxygen atoms in total. The summed E-state index contributed by atoms with van der Waals surface area (Å²) < 4.78 is 28.4. The van der Waals surface area contributed by atoms with Gasteiger partial charge in [0.1, 0.15) is 34.7 Å². The van der Waals surface area contributed by atoms with Gasteiger partial charge in [0.25, 0.3) is 0 Å². The Labute approximate surface area is 268 Å². The number of allylic oxidation sites excluding steroid dienone is 6. The van der Waals surface area contributed by atoms with Crippen LogP contribution in [0.1, 0.15) is 46.5 Å². The Kier molecular flexibility index (Phi) is 12.4. The number of hydrogen-bond acceptors (Lipinski definition) is 11. The highest BCUT2D eigenvalue weighted by atomic mass is 35.5. The van der Waals surface area contributed by atoms with Gasteiger partial charge in [-0.2, -0.15) is 0 Å². The zero-order chi connectivity index (χ0) is 33.5. The van der Waals surface area contributed by atoms with Crippen LogP contribution in [0, 0.1) is 5.92 Å². The van der Waals surface area contributed by atoms with E-state index in [0.717, 1.165) is 5.57 Å². The second-order valence-electron chi connectivity index (χ2n) is 11.5. The van der Waals surface area contributed by atoms with E-state index in [1.165, 1.54) is 32.2 Å². The molecule has 2 bridgehead atoms. The third-order valence-electron chi connectivity index (χ3n) is 8.37. The van der Waals surface area contributed by atoms with E-state index < -0.39 is 66.2 Å². The van der Waals surface area contributed by atoms with E-state index in [1.54, 1.807) is 32.1 Å². The van der Waals surface area contributed by atoms with Crippen molar-refractivity contribution < 1.29 is 48.0 Å². The number of halogens is 1. The zero-order valence-corrected chi connectivity index (χ0v) is 27.3. The molecule has 2 saturated heterocycles. The predicted octanol–water partition coefficient (Wildman–Crippen LogP) is 3.10. The van der Waals surface area contributed by atoms with Crippen molar-refractivity contribution in [2.24, 2.45) is 11.8 Å². The van der Waals surface area contributed by atoms with Crippen LogP contribution >= 0.6 is 11.6 Å². The number of fused-ring (bicyclic) bond motifs is 3. The van der Waals surface area contributed by atoms with Crippen LogP contribution < -0.4 is 11.2 Å². The molecule has 0 aromatic rings. The predicted molar refractivity (Wildman–Crippen MR) is 164 cm³/mol. The van der Waals surface area contributed by atoms with Crippen LogP contribution in [0.25, 0.3) is 0 Å². The number of carbonyl (C=O) groups excluding carboxylic acids is 3. The number of likely N-dealkylation sites (N-methyl/N-ethyl adjacent to an activating group) is 1. The van der Waals surface area contributed by atoms with E-state index in [-0.39, 0.29) is 23.6 Å². The van der Waals surface area contributed by atoms with E-state index in [0.29, 0.717) is 18.6 Å². The Morgan fingerprint density at radius 1 is 1.36 bits per heavy atom. The maximum atomic E-state index is 13.6. The first kappa shape index (κ1) is 36.3. The van der Waals surface area contributed by atoms with Crippen molar-refractivity contribution in [2.45, 2.75) is 82.2 Å². The third-order valence-corrected chi connectivity index (χ3v) is 8.75. The molecular formula is C31H44ClN3O10. The van der Waals surface area contributed by atoms with Crippen LogP contribution in [0.4, 0.5) is 4.79 Å². The molecule has 0 aliphatic carbocycles. The van der Waals surface area contributed by atoms with E-state index in [9.17, 15) is 19.5 Å². The fourth-order valence-corrected chi connectivity index (χ4v) is 5.99. The van der Waals surface area contributed by atoms with E-state index in [4.69, 9.17) is 41.2 Å². The molecule has 3 rings (SSSR count). The summed E-state index contributed by atoms with van der Waals surface area (Å²) in [5.41, 5.74) is -1.68. The van der Waals surface area contributed by atoms with E-state index in [2.05, 4.69) is 16.7 Å².